The molecule has 0 bridgehead atoms. The summed E-state index contributed by atoms with van der Waals surface area (Å²) in [4.78, 5) is 9.48. The maximum Gasteiger partial charge on any atom is 0.472 e. The van der Waals surface area contributed by atoms with Crippen molar-refractivity contribution in [1.29, 1.82) is 0 Å². The Labute approximate surface area is 123 Å². The van der Waals surface area contributed by atoms with Crippen LogP contribution in [0.2, 0.25) is 0 Å². The van der Waals surface area contributed by atoms with Gasteiger partial charge in [-0.05, 0) is 12.8 Å². The first kappa shape index (κ1) is 18.2. The zero-order valence-corrected chi connectivity index (χ0v) is 13.6. The Balaban J connectivity index is 2.20. The maximum absolute atomic E-state index is 11.6. The molecule has 0 aromatic rings. The van der Waals surface area contributed by atoms with Crippen molar-refractivity contribution in [3.8, 4) is 0 Å². The third kappa shape index (κ3) is 10.8. The summed E-state index contributed by atoms with van der Waals surface area (Å²) >= 11 is 0. The molecule has 0 saturated carbocycles. The molecule has 1 heterocycles. The van der Waals surface area contributed by atoms with E-state index in [1.807, 2.05) is 0 Å². The minimum Gasteiger partial charge on any atom is -0.302 e. The molecule has 0 atom stereocenters. The van der Waals surface area contributed by atoms with Gasteiger partial charge in [-0.15, -0.1) is 0 Å². The van der Waals surface area contributed by atoms with Gasteiger partial charge in [0.15, 0.2) is 0 Å². The van der Waals surface area contributed by atoms with Crippen molar-refractivity contribution in [3.05, 3.63) is 0 Å². The number of hydrogen-bond donors (Lipinski definition) is 1. The highest BCUT2D eigenvalue weighted by Gasteiger charge is 2.19. The van der Waals surface area contributed by atoms with E-state index in [9.17, 15) is 9.46 Å². The summed E-state index contributed by atoms with van der Waals surface area (Å²) in [6.07, 6.45) is 15.5. The molecular weight excluding hydrogens is 275 g/mol. The van der Waals surface area contributed by atoms with Crippen LogP contribution < -0.4 is 0 Å². The topological polar surface area (TPSA) is 55.8 Å². The second-order valence-electron chi connectivity index (χ2n) is 5.73. The molecule has 0 aliphatic carbocycles. The van der Waals surface area contributed by atoms with Crippen LogP contribution in [0.25, 0.3) is 0 Å². The summed E-state index contributed by atoms with van der Waals surface area (Å²) in [5.74, 6) is 0. The molecule has 20 heavy (non-hydrogen) atoms. The van der Waals surface area contributed by atoms with E-state index in [-0.39, 0.29) is 0 Å². The maximum atomic E-state index is 11.6. The van der Waals surface area contributed by atoms with Gasteiger partial charge in [-0.3, -0.25) is 9.05 Å². The van der Waals surface area contributed by atoms with Gasteiger partial charge >= 0.3 is 7.82 Å². The quantitative estimate of drug-likeness (QED) is 0.624. The van der Waals surface area contributed by atoms with Crippen LogP contribution in [0, 0.1) is 0 Å². The van der Waals surface area contributed by atoms with Crippen molar-refractivity contribution in [2.75, 3.05) is 13.2 Å². The zero-order chi connectivity index (χ0) is 14.5. The second-order valence-corrected chi connectivity index (χ2v) is 7.18. The smallest absolute Gasteiger partial charge is 0.302 e. The lowest BCUT2D eigenvalue weighted by atomic mass is 10.0. The predicted molar refractivity (Wildman–Crippen MR) is 81.8 cm³/mol. The van der Waals surface area contributed by atoms with E-state index in [0.29, 0.717) is 13.2 Å². The Kier molecular flexibility index (Phi) is 10.7. The van der Waals surface area contributed by atoms with Gasteiger partial charge in [0.1, 0.15) is 0 Å². The highest BCUT2D eigenvalue weighted by atomic mass is 31.2. The van der Waals surface area contributed by atoms with Gasteiger partial charge in [0.2, 0.25) is 0 Å². The molecule has 1 saturated heterocycles. The van der Waals surface area contributed by atoms with Crippen LogP contribution in [-0.2, 0) is 13.6 Å². The molecule has 1 aliphatic heterocycles. The lowest BCUT2D eigenvalue weighted by molar-refractivity contribution is 0.145. The molecule has 0 aromatic heterocycles. The van der Waals surface area contributed by atoms with Gasteiger partial charge < -0.3 is 4.89 Å². The highest BCUT2D eigenvalue weighted by Crippen LogP contribution is 2.43. The molecule has 1 rings (SSSR count). The van der Waals surface area contributed by atoms with Gasteiger partial charge in [0, 0.05) is 0 Å². The summed E-state index contributed by atoms with van der Waals surface area (Å²) in [5, 5.41) is 0. The molecule has 1 aliphatic rings. The Morgan fingerprint density at radius 3 is 1.10 bits per heavy atom. The molecule has 4 nitrogen and oxygen atoms in total. The summed E-state index contributed by atoms with van der Waals surface area (Å²) < 4.78 is 21.5. The fourth-order valence-corrected chi connectivity index (χ4v) is 3.34. The molecule has 0 spiro atoms. The predicted octanol–water partition coefficient (Wildman–Crippen LogP) is 5.20. The summed E-state index contributed by atoms with van der Waals surface area (Å²) in [6, 6.07) is 0. The summed E-state index contributed by atoms with van der Waals surface area (Å²) in [7, 11) is -3.80. The average Bonchev–Trinajstić information content (AvgIpc) is 2.41. The first-order chi connectivity index (χ1) is 9.71. The molecule has 1 N–H and O–H groups in total. The van der Waals surface area contributed by atoms with Gasteiger partial charge in [-0.1, -0.05) is 70.6 Å². The van der Waals surface area contributed by atoms with Gasteiger partial charge in [0.05, 0.1) is 13.2 Å². The van der Waals surface area contributed by atoms with Crippen molar-refractivity contribution >= 4 is 7.82 Å². The zero-order valence-electron chi connectivity index (χ0n) is 12.7. The minimum absolute atomic E-state index is 0.327. The van der Waals surface area contributed by atoms with Crippen LogP contribution in [0.5, 0.6) is 0 Å². The van der Waals surface area contributed by atoms with Crippen LogP contribution in [0.1, 0.15) is 83.5 Å². The van der Waals surface area contributed by atoms with Crippen molar-refractivity contribution in [1.82, 2.24) is 0 Å². The first-order valence-corrected chi connectivity index (χ1v) is 9.82. The Bertz CT molecular complexity index is 249. The van der Waals surface area contributed by atoms with E-state index in [0.717, 1.165) is 25.7 Å². The van der Waals surface area contributed by atoms with E-state index >= 15 is 0 Å². The normalized spacial score (nSPS) is 25.4. The summed E-state index contributed by atoms with van der Waals surface area (Å²) in [6.45, 7) is 0.654. The standard InChI is InChI=1S/C15H31O4P/c16-20(17)18-14-12-10-8-6-4-2-1-3-5-7-9-11-13-15-19-20/h1-15H2,(H,16,17). The van der Waals surface area contributed by atoms with E-state index in [1.165, 1.54) is 57.8 Å². The lowest BCUT2D eigenvalue weighted by Gasteiger charge is -2.12. The summed E-state index contributed by atoms with van der Waals surface area (Å²) in [5.41, 5.74) is 0. The monoisotopic (exact) mass is 306 g/mol. The first-order valence-electron chi connectivity index (χ1n) is 8.33. The fourth-order valence-electron chi connectivity index (χ4n) is 2.55. The van der Waals surface area contributed by atoms with Gasteiger partial charge in [-0.25, -0.2) is 4.57 Å². The van der Waals surface area contributed by atoms with Crippen molar-refractivity contribution in [2.45, 2.75) is 83.5 Å². The SMILES string of the molecule is O=P1(O)OCCCCCCCCCCCCCCCO1. The van der Waals surface area contributed by atoms with Crippen molar-refractivity contribution in [3.63, 3.8) is 0 Å². The van der Waals surface area contributed by atoms with Gasteiger partial charge in [-0.2, -0.15) is 0 Å². The van der Waals surface area contributed by atoms with Gasteiger partial charge in [0.25, 0.3) is 0 Å². The van der Waals surface area contributed by atoms with Crippen molar-refractivity contribution < 1.29 is 18.5 Å². The number of phosphoric acid groups is 1. The second kappa shape index (κ2) is 11.7. The molecule has 0 amide bonds. The molecule has 0 unspecified atom stereocenters. The third-order valence-electron chi connectivity index (χ3n) is 3.80. The fraction of sp³-hybridized carbons (Fsp3) is 1.00. The molecule has 0 radical (unpaired) electrons. The van der Waals surface area contributed by atoms with E-state index in [1.54, 1.807) is 0 Å². The third-order valence-corrected chi connectivity index (χ3v) is 4.82. The van der Waals surface area contributed by atoms with Crippen molar-refractivity contribution in [2.24, 2.45) is 0 Å². The Hall–Kier alpha value is 0.110. The van der Waals surface area contributed by atoms with E-state index in [4.69, 9.17) is 9.05 Å². The van der Waals surface area contributed by atoms with Crippen LogP contribution in [0.3, 0.4) is 0 Å². The van der Waals surface area contributed by atoms with Crippen LogP contribution >= 0.6 is 7.82 Å². The minimum atomic E-state index is -3.80. The molecule has 5 heteroatoms. The average molecular weight is 306 g/mol. The molecule has 120 valence electrons. The number of hydrogen-bond acceptors (Lipinski definition) is 3. The molecular formula is C15H31O4P. The van der Waals surface area contributed by atoms with Crippen LogP contribution in [0.4, 0.5) is 0 Å². The number of rotatable bonds is 0. The highest BCUT2D eigenvalue weighted by molar-refractivity contribution is 7.47. The van der Waals surface area contributed by atoms with Crippen LogP contribution in [-0.4, -0.2) is 18.1 Å². The largest absolute Gasteiger partial charge is 0.472 e. The molecule has 0 aromatic carbocycles. The number of phosphoric ester groups is 1. The Morgan fingerprint density at radius 2 is 0.800 bits per heavy atom. The lowest BCUT2D eigenvalue weighted by Crippen LogP contribution is -1.99. The van der Waals surface area contributed by atoms with E-state index < -0.39 is 7.82 Å². The van der Waals surface area contributed by atoms with E-state index in [2.05, 4.69) is 0 Å². The van der Waals surface area contributed by atoms with Crippen LogP contribution in [0.15, 0.2) is 0 Å². The molecule has 1 fully saturated rings. The Morgan fingerprint density at radius 1 is 0.550 bits per heavy atom.